The van der Waals surface area contributed by atoms with Gasteiger partial charge in [-0.2, -0.15) is 5.26 Å². The van der Waals surface area contributed by atoms with Crippen molar-refractivity contribution in [3.8, 4) is 11.8 Å². The van der Waals surface area contributed by atoms with Gasteiger partial charge in [-0.3, -0.25) is 4.79 Å². The summed E-state index contributed by atoms with van der Waals surface area (Å²) in [4.78, 5) is 13.9. The van der Waals surface area contributed by atoms with Crippen molar-refractivity contribution in [2.45, 2.75) is 19.8 Å². The summed E-state index contributed by atoms with van der Waals surface area (Å²) in [6, 6.07) is 7.64. The minimum absolute atomic E-state index is 0.176. The number of hydrogen-bond donors (Lipinski definition) is 0. The average Bonchev–Trinajstić information content (AvgIpc) is 2.99. The maximum absolute atomic E-state index is 12.2. The van der Waals surface area contributed by atoms with Crippen molar-refractivity contribution >= 4 is 12.0 Å². The van der Waals surface area contributed by atoms with Gasteiger partial charge in [0.05, 0.1) is 7.11 Å². The molecule has 0 saturated carbocycles. The maximum Gasteiger partial charge on any atom is 0.264 e. The zero-order valence-electron chi connectivity index (χ0n) is 11.8. The number of rotatable bonds is 3. The summed E-state index contributed by atoms with van der Waals surface area (Å²) in [5.74, 6) is 0.578. The van der Waals surface area contributed by atoms with E-state index < -0.39 is 0 Å². The van der Waals surface area contributed by atoms with Gasteiger partial charge in [0, 0.05) is 13.1 Å². The number of benzene rings is 1. The van der Waals surface area contributed by atoms with Crippen LogP contribution in [0.15, 0.2) is 23.8 Å². The number of ether oxygens (including phenoxy) is 1. The van der Waals surface area contributed by atoms with Crippen molar-refractivity contribution in [1.82, 2.24) is 4.90 Å². The van der Waals surface area contributed by atoms with E-state index in [9.17, 15) is 10.1 Å². The van der Waals surface area contributed by atoms with Gasteiger partial charge in [-0.15, -0.1) is 0 Å². The molecule has 1 aliphatic heterocycles. The van der Waals surface area contributed by atoms with Gasteiger partial charge in [0.15, 0.2) is 0 Å². The second-order valence-corrected chi connectivity index (χ2v) is 4.90. The molecule has 2 rings (SSSR count). The van der Waals surface area contributed by atoms with Crippen LogP contribution in [-0.4, -0.2) is 31.0 Å². The molecule has 1 heterocycles. The Morgan fingerprint density at radius 2 is 2.10 bits per heavy atom. The van der Waals surface area contributed by atoms with Crippen molar-refractivity contribution in [2.75, 3.05) is 20.2 Å². The number of methoxy groups -OCH3 is 1. The molecule has 0 aliphatic carbocycles. The molecule has 4 heteroatoms. The monoisotopic (exact) mass is 270 g/mol. The minimum atomic E-state index is -0.176. The number of amides is 1. The first-order valence-electron chi connectivity index (χ1n) is 6.71. The smallest absolute Gasteiger partial charge is 0.264 e. The third kappa shape index (κ3) is 3.00. The molecule has 1 saturated heterocycles. The molecule has 0 unspecified atom stereocenters. The summed E-state index contributed by atoms with van der Waals surface area (Å²) < 4.78 is 5.25. The van der Waals surface area contributed by atoms with Gasteiger partial charge in [0.1, 0.15) is 17.4 Å². The van der Waals surface area contributed by atoms with Crippen LogP contribution in [0.1, 0.15) is 24.0 Å². The number of likely N-dealkylation sites (tertiary alicyclic amines) is 1. The van der Waals surface area contributed by atoms with Crippen LogP contribution in [-0.2, 0) is 4.79 Å². The van der Waals surface area contributed by atoms with Crippen LogP contribution in [0.4, 0.5) is 0 Å². The van der Waals surface area contributed by atoms with E-state index in [2.05, 4.69) is 0 Å². The minimum Gasteiger partial charge on any atom is -0.496 e. The van der Waals surface area contributed by atoms with E-state index in [1.54, 1.807) is 18.1 Å². The van der Waals surface area contributed by atoms with E-state index in [0.29, 0.717) is 0 Å². The molecule has 20 heavy (non-hydrogen) atoms. The molecule has 1 aromatic rings. The van der Waals surface area contributed by atoms with Gasteiger partial charge in [0.25, 0.3) is 5.91 Å². The van der Waals surface area contributed by atoms with Gasteiger partial charge >= 0.3 is 0 Å². The second-order valence-electron chi connectivity index (χ2n) is 4.90. The number of hydrogen-bond acceptors (Lipinski definition) is 3. The molecule has 104 valence electrons. The predicted octanol–water partition coefficient (Wildman–Crippen LogP) is 2.53. The molecule has 0 spiro atoms. The van der Waals surface area contributed by atoms with Crippen molar-refractivity contribution in [3.05, 3.63) is 34.9 Å². The van der Waals surface area contributed by atoms with Gasteiger partial charge in [-0.1, -0.05) is 12.1 Å². The topological polar surface area (TPSA) is 53.3 Å². The molecule has 0 radical (unpaired) electrons. The van der Waals surface area contributed by atoms with Crippen molar-refractivity contribution < 1.29 is 9.53 Å². The number of carbonyl (C=O) groups excluding carboxylic acids is 1. The summed E-state index contributed by atoms with van der Waals surface area (Å²) >= 11 is 0. The van der Waals surface area contributed by atoms with E-state index >= 15 is 0 Å². The Kier molecular flexibility index (Phi) is 4.41. The Balaban J connectivity index is 2.26. The van der Waals surface area contributed by atoms with Crippen LogP contribution in [0.2, 0.25) is 0 Å². The van der Waals surface area contributed by atoms with Crippen LogP contribution >= 0.6 is 0 Å². The van der Waals surface area contributed by atoms with E-state index in [4.69, 9.17) is 4.74 Å². The first kappa shape index (κ1) is 14.1. The summed E-state index contributed by atoms with van der Waals surface area (Å²) in [7, 11) is 1.61. The highest BCUT2D eigenvalue weighted by atomic mass is 16.5. The third-order valence-electron chi connectivity index (χ3n) is 3.49. The fourth-order valence-electron chi connectivity index (χ4n) is 2.33. The van der Waals surface area contributed by atoms with E-state index in [1.165, 1.54) is 0 Å². The van der Waals surface area contributed by atoms with Gasteiger partial charge in [-0.25, -0.2) is 0 Å². The molecular weight excluding hydrogens is 252 g/mol. The second kappa shape index (κ2) is 6.25. The van der Waals surface area contributed by atoms with E-state index in [-0.39, 0.29) is 11.5 Å². The van der Waals surface area contributed by atoms with Crippen LogP contribution in [0.25, 0.3) is 6.08 Å². The standard InChI is InChI=1S/C16H18N2O2/c1-12-5-6-13(10-15(12)20-2)9-14(11-17)16(19)18-7-3-4-8-18/h5-6,9-10H,3-4,7-8H2,1-2H3/b14-9+. The fraction of sp³-hybridized carbons (Fsp3) is 0.375. The molecule has 1 aromatic carbocycles. The van der Waals surface area contributed by atoms with Crippen LogP contribution in [0.3, 0.4) is 0 Å². The number of nitrogens with zero attached hydrogens (tertiary/aromatic N) is 2. The number of carbonyl (C=O) groups is 1. The Morgan fingerprint density at radius 1 is 1.40 bits per heavy atom. The molecule has 0 N–H and O–H groups in total. The van der Waals surface area contributed by atoms with Gasteiger partial charge < -0.3 is 9.64 Å². The number of nitriles is 1. The summed E-state index contributed by atoms with van der Waals surface area (Å²) in [5.41, 5.74) is 2.00. The Hall–Kier alpha value is -2.28. The van der Waals surface area contributed by atoms with Gasteiger partial charge in [0.2, 0.25) is 0 Å². The maximum atomic E-state index is 12.2. The molecule has 1 fully saturated rings. The molecule has 0 atom stereocenters. The van der Waals surface area contributed by atoms with E-state index in [0.717, 1.165) is 42.8 Å². The van der Waals surface area contributed by atoms with Crippen molar-refractivity contribution in [3.63, 3.8) is 0 Å². The first-order valence-corrected chi connectivity index (χ1v) is 6.71. The highest BCUT2D eigenvalue weighted by Crippen LogP contribution is 2.21. The average molecular weight is 270 g/mol. The summed E-state index contributed by atoms with van der Waals surface area (Å²) in [6.07, 6.45) is 3.66. The predicted molar refractivity (Wildman–Crippen MR) is 77.1 cm³/mol. The van der Waals surface area contributed by atoms with Crippen LogP contribution in [0.5, 0.6) is 5.75 Å². The van der Waals surface area contributed by atoms with Crippen LogP contribution < -0.4 is 4.74 Å². The lowest BCUT2D eigenvalue weighted by atomic mass is 10.1. The number of aryl methyl sites for hydroxylation is 1. The van der Waals surface area contributed by atoms with E-state index in [1.807, 2.05) is 31.2 Å². The lowest BCUT2D eigenvalue weighted by Gasteiger charge is -2.14. The Bertz CT molecular complexity index is 579. The normalized spacial score (nSPS) is 15.1. The first-order chi connectivity index (χ1) is 9.65. The van der Waals surface area contributed by atoms with Crippen molar-refractivity contribution in [2.24, 2.45) is 0 Å². The van der Waals surface area contributed by atoms with Crippen molar-refractivity contribution in [1.29, 1.82) is 5.26 Å². The zero-order valence-corrected chi connectivity index (χ0v) is 11.8. The highest BCUT2D eigenvalue weighted by molar-refractivity contribution is 6.01. The third-order valence-corrected chi connectivity index (χ3v) is 3.49. The lowest BCUT2D eigenvalue weighted by Crippen LogP contribution is -2.28. The lowest BCUT2D eigenvalue weighted by molar-refractivity contribution is -0.125. The molecule has 0 aromatic heterocycles. The summed E-state index contributed by atoms with van der Waals surface area (Å²) in [6.45, 7) is 3.44. The molecular formula is C16H18N2O2. The van der Waals surface area contributed by atoms with Crippen LogP contribution in [0, 0.1) is 18.3 Å². The largest absolute Gasteiger partial charge is 0.496 e. The van der Waals surface area contributed by atoms with Gasteiger partial charge in [-0.05, 0) is 43.0 Å². The molecule has 0 bridgehead atoms. The quantitative estimate of drug-likeness (QED) is 0.626. The molecule has 1 amide bonds. The highest BCUT2D eigenvalue weighted by Gasteiger charge is 2.21. The summed E-state index contributed by atoms with van der Waals surface area (Å²) in [5, 5.41) is 9.20. The fourth-order valence-corrected chi connectivity index (χ4v) is 2.33. The zero-order chi connectivity index (χ0) is 14.5. The Labute approximate surface area is 119 Å². The molecule has 4 nitrogen and oxygen atoms in total. The SMILES string of the molecule is COc1cc(/C=C(\C#N)C(=O)N2CCCC2)ccc1C. The Morgan fingerprint density at radius 3 is 2.70 bits per heavy atom. The molecule has 1 aliphatic rings.